The summed E-state index contributed by atoms with van der Waals surface area (Å²) in [6, 6.07) is 7.08. The van der Waals surface area contributed by atoms with E-state index in [9.17, 15) is 0 Å². The highest BCUT2D eigenvalue weighted by Gasteiger charge is 2.08. The predicted molar refractivity (Wildman–Crippen MR) is 71.5 cm³/mol. The van der Waals surface area contributed by atoms with E-state index in [-0.39, 0.29) is 6.61 Å². The summed E-state index contributed by atoms with van der Waals surface area (Å²) in [7, 11) is 3.35. The molecule has 1 heterocycles. The average Bonchev–Trinajstić information content (AvgIpc) is 2.92. The number of methoxy groups -OCH3 is 1. The van der Waals surface area contributed by atoms with Crippen LogP contribution < -0.4 is 14.8 Å². The number of anilines is 1. The summed E-state index contributed by atoms with van der Waals surface area (Å²) in [5.41, 5.74) is 1.22. The zero-order chi connectivity index (χ0) is 13.7. The number of nitrogens with one attached hydrogen (secondary N) is 1. The zero-order valence-electron chi connectivity index (χ0n) is 10.5. The number of rotatable bonds is 5. The van der Waals surface area contributed by atoms with E-state index in [0.29, 0.717) is 17.1 Å². The monoisotopic (exact) mass is 276 g/mol. The molecule has 0 aliphatic carbocycles. The van der Waals surface area contributed by atoms with E-state index >= 15 is 0 Å². The van der Waals surface area contributed by atoms with Crippen LogP contribution in [0, 0.1) is 11.3 Å². The van der Waals surface area contributed by atoms with Gasteiger partial charge in [-0.25, -0.2) is 0 Å². The molecule has 0 bridgehead atoms. The van der Waals surface area contributed by atoms with Gasteiger partial charge in [-0.05, 0) is 12.1 Å². The van der Waals surface area contributed by atoms with Crippen molar-refractivity contribution in [3.8, 4) is 17.6 Å². The molecule has 6 nitrogen and oxygen atoms in total. The van der Waals surface area contributed by atoms with Crippen LogP contribution in [-0.2, 0) is 6.61 Å². The van der Waals surface area contributed by atoms with Crippen molar-refractivity contribution in [2.45, 2.75) is 6.61 Å². The number of nitriles is 1. The third-order valence-corrected chi connectivity index (χ3v) is 3.19. The topological polar surface area (TPSA) is 80.1 Å². The fourth-order valence-corrected chi connectivity index (χ4v) is 2.00. The Kier molecular flexibility index (Phi) is 4.15. The van der Waals surface area contributed by atoms with Crippen molar-refractivity contribution in [1.29, 1.82) is 5.26 Å². The second kappa shape index (κ2) is 6.02. The molecule has 0 spiro atoms. The highest BCUT2D eigenvalue weighted by atomic mass is 32.1. The lowest BCUT2D eigenvalue weighted by Gasteiger charge is -2.08. The molecule has 0 aliphatic rings. The molecule has 19 heavy (non-hydrogen) atoms. The van der Waals surface area contributed by atoms with Crippen LogP contribution in [0.3, 0.4) is 0 Å². The predicted octanol–water partition coefficient (Wildman–Crippen LogP) is 2.04. The van der Waals surface area contributed by atoms with Crippen molar-refractivity contribution in [1.82, 2.24) is 9.59 Å². The van der Waals surface area contributed by atoms with Crippen LogP contribution in [0.5, 0.6) is 11.5 Å². The van der Waals surface area contributed by atoms with Crippen LogP contribution in [0.2, 0.25) is 0 Å². The van der Waals surface area contributed by atoms with Gasteiger partial charge in [0, 0.05) is 24.6 Å². The summed E-state index contributed by atoms with van der Waals surface area (Å²) in [5, 5.41) is 16.8. The number of benzene rings is 1. The van der Waals surface area contributed by atoms with Gasteiger partial charge in [0.1, 0.15) is 28.8 Å². The molecule has 0 saturated heterocycles. The van der Waals surface area contributed by atoms with Crippen molar-refractivity contribution in [3.63, 3.8) is 0 Å². The molecular formula is C12H12N4O2S. The Bertz CT molecular complexity index is 606. The van der Waals surface area contributed by atoms with Gasteiger partial charge in [-0.3, -0.25) is 0 Å². The summed E-state index contributed by atoms with van der Waals surface area (Å²) in [6.07, 6.45) is 0. The Morgan fingerprint density at radius 1 is 1.37 bits per heavy atom. The van der Waals surface area contributed by atoms with Gasteiger partial charge in [0.05, 0.1) is 18.7 Å². The first-order valence-corrected chi connectivity index (χ1v) is 6.25. The van der Waals surface area contributed by atoms with Crippen molar-refractivity contribution in [2.75, 3.05) is 19.5 Å². The second-order valence-electron chi connectivity index (χ2n) is 3.60. The van der Waals surface area contributed by atoms with Gasteiger partial charge < -0.3 is 14.8 Å². The van der Waals surface area contributed by atoms with E-state index < -0.39 is 0 Å². The lowest BCUT2D eigenvalue weighted by Crippen LogP contribution is -2.00. The first-order valence-electron chi connectivity index (χ1n) is 5.47. The summed E-state index contributed by atoms with van der Waals surface area (Å²) >= 11 is 1.27. The Morgan fingerprint density at radius 2 is 2.16 bits per heavy atom. The van der Waals surface area contributed by atoms with Crippen LogP contribution in [0.15, 0.2) is 18.2 Å². The van der Waals surface area contributed by atoms with Crippen molar-refractivity contribution >= 4 is 16.5 Å². The maximum atomic E-state index is 8.92. The van der Waals surface area contributed by atoms with Crippen LogP contribution in [0.1, 0.15) is 11.3 Å². The second-order valence-corrected chi connectivity index (χ2v) is 4.35. The van der Waals surface area contributed by atoms with E-state index in [4.69, 9.17) is 14.7 Å². The van der Waals surface area contributed by atoms with Crippen LogP contribution in [0.4, 0.5) is 5.00 Å². The zero-order valence-corrected chi connectivity index (χ0v) is 11.3. The van der Waals surface area contributed by atoms with Gasteiger partial charge in [-0.1, -0.05) is 4.49 Å². The van der Waals surface area contributed by atoms with Gasteiger partial charge in [-0.15, -0.1) is 5.10 Å². The molecule has 7 heteroatoms. The lowest BCUT2D eigenvalue weighted by molar-refractivity contribution is 0.299. The number of hydrogen-bond donors (Lipinski definition) is 1. The normalized spacial score (nSPS) is 9.74. The quantitative estimate of drug-likeness (QED) is 0.900. The number of nitrogens with zero attached hydrogens (tertiary/aromatic N) is 3. The lowest BCUT2D eigenvalue weighted by atomic mass is 10.2. The third-order valence-electron chi connectivity index (χ3n) is 2.40. The molecule has 0 fully saturated rings. The van der Waals surface area contributed by atoms with E-state index in [2.05, 4.69) is 21.0 Å². The van der Waals surface area contributed by atoms with Crippen LogP contribution in [0.25, 0.3) is 0 Å². The first-order chi connectivity index (χ1) is 9.26. The Morgan fingerprint density at radius 3 is 2.84 bits per heavy atom. The third kappa shape index (κ3) is 3.11. The minimum absolute atomic E-state index is 0.282. The molecule has 2 aromatic rings. The molecule has 0 aliphatic heterocycles. The fourth-order valence-electron chi connectivity index (χ4n) is 1.48. The number of ether oxygens (including phenoxy) is 2. The molecule has 0 saturated carbocycles. The van der Waals surface area contributed by atoms with Gasteiger partial charge >= 0.3 is 0 Å². The molecule has 1 aromatic heterocycles. The molecule has 0 radical (unpaired) electrons. The first kappa shape index (κ1) is 13.1. The maximum Gasteiger partial charge on any atom is 0.136 e. The van der Waals surface area contributed by atoms with Gasteiger partial charge in [-0.2, -0.15) is 5.26 Å². The minimum atomic E-state index is 0.282. The molecule has 0 atom stereocenters. The fraction of sp³-hybridized carbons (Fsp3) is 0.250. The molecule has 98 valence electrons. The smallest absolute Gasteiger partial charge is 0.136 e. The summed E-state index contributed by atoms with van der Waals surface area (Å²) < 4.78 is 14.6. The SMILES string of the molecule is CNc1snnc1COc1cc(C#N)cc(OC)c1. The van der Waals surface area contributed by atoms with Crippen molar-refractivity contribution in [3.05, 3.63) is 29.5 Å². The number of aromatic nitrogens is 2. The van der Waals surface area contributed by atoms with E-state index in [0.717, 1.165) is 10.7 Å². The molecule has 0 amide bonds. The van der Waals surface area contributed by atoms with E-state index in [1.54, 1.807) is 32.4 Å². The maximum absolute atomic E-state index is 8.92. The highest BCUT2D eigenvalue weighted by Crippen LogP contribution is 2.24. The minimum Gasteiger partial charge on any atom is -0.497 e. The van der Waals surface area contributed by atoms with Crippen LogP contribution >= 0.6 is 11.5 Å². The summed E-state index contributed by atoms with van der Waals surface area (Å²) in [5.74, 6) is 1.14. The van der Waals surface area contributed by atoms with Crippen molar-refractivity contribution in [2.24, 2.45) is 0 Å². The summed E-state index contributed by atoms with van der Waals surface area (Å²) in [4.78, 5) is 0. The molecule has 0 unspecified atom stereocenters. The van der Waals surface area contributed by atoms with Gasteiger partial charge in [0.15, 0.2) is 0 Å². The largest absolute Gasteiger partial charge is 0.497 e. The Labute approximate surface area is 114 Å². The highest BCUT2D eigenvalue weighted by molar-refractivity contribution is 7.10. The van der Waals surface area contributed by atoms with E-state index in [1.165, 1.54) is 11.5 Å². The Balaban J connectivity index is 2.13. The number of hydrogen-bond acceptors (Lipinski definition) is 7. The Hall–Kier alpha value is -2.33. The average molecular weight is 276 g/mol. The van der Waals surface area contributed by atoms with Gasteiger partial charge in [0.2, 0.25) is 0 Å². The molecule has 2 rings (SSSR count). The van der Waals surface area contributed by atoms with Gasteiger partial charge in [0.25, 0.3) is 0 Å². The molecular weight excluding hydrogens is 264 g/mol. The molecule has 1 N–H and O–H groups in total. The standard InChI is InChI=1S/C12H12N4O2S/c1-14-12-11(15-16-19-12)7-18-10-4-8(6-13)3-9(5-10)17-2/h3-5,14H,7H2,1-2H3. The van der Waals surface area contributed by atoms with Crippen LogP contribution in [-0.4, -0.2) is 23.7 Å². The summed E-state index contributed by atoms with van der Waals surface area (Å²) in [6.45, 7) is 0.282. The van der Waals surface area contributed by atoms with E-state index in [1.807, 2.05) is 0 Å². The molecule has 1 aromatic carbocycles. The van der Waals surface area contributed by atoms with Crippen molar-refractivity contribution < 1.29 is 9.47 Å².